The fourth-order valence-corrected chi connectivity index (χ4v) is 3.09. The SMILES string of the molecule is CC(c1nncn1C)N1CCC(OCc2ccccc2F)CC1. The Morgan fingerprint density at radius 1 is 1.30 bits per heavy atom. The molecule has 1 saturated heterocycles. The third-order valence-electron chi connectivity index (χ3n) is 4.58. The molecule has 23 heavy (non-hydrogen) atoms. The molecular formula is C17H23FN4O. The molecule has 1 aromatic carbocycles. The minimum atomic E-state index is -0.194. The van der Waals surface area contributed by atoms with E-state index >= 15 is 0 Å². The second-order valence-corrected chi connectivity index (χ2v) is 6.11. The lowest BCUT2D eigenvalue weighted by Gasteiger charge is -2.35. The van der Waals surface area contributed by atoms with Crippen LogP contribution in [0.25, 0.3) is 0 Å². The van der Waals surface area contributed by atoms with Gasteiger partial charge in [-0.05, 0) is 25.8 Å². The second-order valence-electron chi connectivity index (χ2n) is 6.11. The molecule has 1 unspecified atom stereocenters. The minimum Gasteiger partial charge on any atom is -0.373 e. The zero-order chi connectivity index (χ0) is 16.2. The van der Waals surface area contributed by atoms with Crippen LogP contribution in [0.1, 0.15) is 37.2 Å². The number of likely N-dealkylation sites (tertiary alicyclic amines) is 1. The number of hydrogen-bond donors (Lipinski definition) is 0. The Bertz CT molecular complexity index is 637. The molecule has 0 amide bonds. The maximum absolute atomic E-state index is 13.6. The molecule has 5 nitrogen and oxygen atoms in total. The second kappa shape index (κ2) is 7.19. The molecule has 1 fully saturated rings. The molecule has 0 N–H and O–H groups in total. The van der Waals surface area contributed by atoms with E-state index in [1.807, 2.05) is 17.7 Å². The largest absolute Gasteiger partial charge is 0.373 e. The van der Waals surface area contributed by atoms with Crippen molar-refractivity contribution >= 4 is 0 Å². The summed E-state index contributed by atoms with van der Waals surface area (Å²) in [5, 5.41) is 8.14. The van der Waals surface area contributed by atoms with Gasteiger partial charge in [-0.25, -0.2) is 4.39 Å². The molecule has 1 aliphatic heterocycles. The van der Waals surface area contributed by atoms with E-state index in [0.29, 0.717) is 12.2 Å². The number of piperidine rings is 1. The predicted molar refractivity (Wildman–Crippen MR) is 85.2 cm³/mol. The molecule has 1 aromatic heterocycles. The van der Waals surface area contributed by atoms with E-state index in [1.54, 1.807) is 18.5 Å². The first kappa shape index (κ1) is 16.1. The fourth-order valence-electron chi connectivity index (χ4n) is 3.09. The van der Waals surface area contributed by atoms with Crippen molar-refractivity contribution in [1.29, 1.82) is 0 Å². The molecule has 124 valence electrons. The summed E-state index contributed by atoms with van der Waals surface area (Å²) >= 11 is 0. The Morgan fingerprint density at radius 3 is 2.70 bits per heavy atom. The highest BCUT2D eigenvalue weighted by molar-refractivity contribution is 5.16. The van der Waals surface area contributed by atoms with Gasteiger partial charge in [0.2, 0.25) is 0 Å². The van der Waals surface area contributed by atoms with Crippen molar-refractivity contribution in [3.05, 3.63) is 47.8 Å². The lowest BCUT2D eigenvalue weighted by atomic mass is 10.1. The Morgan fingerprint density at radius 2 is 2.04 bits per heavy atom. The molecule has 0 radical (unpaired) electrons. The molecule has 1 atom stereocenters. The minimum absolute atomic E-state index is 0.192. The van der Waals surface area contributed by atoms with Gasteiger partial charge in [-0.1, -0.05) is 18.2 Å². The Hall–Kier alpha value is -1.79. The van der Waals surface area contributed by atoms with Crippen molar-refractivity contribution in [2.24, 2.45) is 7.05 Å². The van der Waals surface area contributed by atoms with Gasteiger partial charge in [-0.15, -0.1) is 10.2 Å². The average molecular weight is 318 g/mol. The zero-order valence-electron chi connectivity index (χ0n) is 13.7. The highest BCUT2D eigenvalue weighted by atomic mass is 19.1. The quantitative estimate of drug-likeness (QED) is 0.850. The monoisotopic (exact) mass is 318 g/mol. The highest BCUT2D eigenvalue weighted by Crippen LogP contribution is 2.24. The summed E-state index contributed by atoms with van der Waals surface area (Å²) in [7, 11) is 1.97. The van der Waals surface area contributed by atoms with Crippen molar-refractivity contribution < 1.29 is 9.13 Å². The van der Waals surface area contributed by atoms with Gasteiger partial charge in [-0.2, -0.15) is 0 Å². The number of halogens is 1. The van der Waals surface area contributed by atoms with Crippen LogP contribution in [-0.2, 0) is 18.4 Å². The number of aromatic nitrogens is 3. The van der Waals surface area contributed by atoms with Crippen molar-refractivity contribution in [3.63, 3.8) is 0 Å². The van der Waals surface area contributed by atoms with Crippen molar-refractivity contribution in [3.8, 4) is 0 Å². The van der Waals surface area contributed by atoms with Crippen LogP contribution >= 0.6 is 0 Å². The summed E-state index contributed by atoms with van der Waals surface area (Å²) in [6.07, 6.45) is 3.83. The molecule has 0 aliphatic carbocycles. The first-order valence-electron chi connectivity index (χ1n) is 8.08. The first-order chi connectivity index (χ1) is 11.1. The van der Waals surface area contributed by atoms with Gasteiger partial charge in [0.1, 0.15) is 18.0 Å². The maximum atomic E-state index is 13.6. The lowest BCUT2D eigenvalue weighted by Crippen LogP contribution is -2.39. The van der Waals surface area contributed by atoms with Crippen LogP contribution in [0.4, 0.5) is 4.39 Å². The van der Waals surface area contributed by atoms with E-state index in [0.717, 1.165) is 31.8 Å². The van der Waals surface area contributed by atoms with E-state index in [2.05, 4.69) is 22.0 Å². The normalized spacial score (nSPS) is 18.2. The molecule has 0 spiro atoms. The summed E-state index contributed by atoms with van der Waals surface area (Å²) in [6.45, 7) is 4.41. The molecule has 2 heterocycles. The summed E-state index contributed by atoms with van der Waals surface area (Å²) in [5.74, 6) is 0.788. The number of ether oxygens (including phenoxy) is 1. The molecule has 2 aromatic rings. The summed E-state index contributed by atoms with van der Waals surface area (Å²) < 4.78 is 21.5. The van der Waals surface area contributed by atoms with Crippen LogP contribution in [0.2, 0.25) is 0 Å². The molecule has 1 aliphatic rings. The van der Waals surface area contributed by atoms with Crippen LogP contribution < -0.4 is 0 Å². The fraction of sp³-hybridized carbons (Fsp3) is 0.529. The van der Waals surface area contributed by atoms with Gasteiger partial charge < -0.3 is 9.30 Å². The smallest absolute Gasteiger partial charge is 0.149 e. The third kappa shape index (κ3) is 3.76. The van der Waals surface area contributed by atoms with Crippen molar-refractivity contribution in [2.45, 2.75) is 38.5 Å². The van der Waals surface area contributed by atoms with Gasteiger partial charge in [0.05, 0.1) is 18.8 Å². The molecular weight excluding hydrogens is 295 g/mol. The van der Waals surface area contributed by atoms with Crippen LogP contribution in [0.15, 0.2) is 30.6 Å². The van der Waals surface area contributed by atoms with E-state index in [9.17, 15) is 4.39 Å². The van der Waals surface area contributed by atoms with Gasteiger partial charge in [0.25, 0.3) is 0 Å². The van der Waals surface area contributed by atoms with Crippen molar-refractivity contribution in [1.82, 2.24) is 19.7 Å². The Kier molecular flexibility index (Phi) is 5.03. The van der Waals surface area contributed by atoms with Crippen molar-refractivity contribution in [2.75, 3.05) is 13.1 Å². The van der Waals surface area contributed by atoms with Gasteiger partial charge >= 0.3 is 0 Å². The van der Waals surface area contributed by atoms with E-state index in [-0.39, 0.29) is 18.0 Å². The lowest BCUT2D eigenvalue weighted by molar-refractivity contribution is -0.0116. The summed E-state index contributed by atoms with van der Waals surface area (Å²) in [4.78, 5) is 2.40. The summed E-state index contributed by atoms with van der Waals surface area (Å²) in [5.41, 5.74) is 0.627. The molecule has 0 saturated carbocycles. The maximum Gasteiger partial charge on any atom is 0.149 e. The molecule has 3 rings (SSSR count). The number of hydrogen-bond acceptors (Lipinski definition) is 4. The van der Waals surface area contributed by atoms with Gasteiger partial charge in [0, 0.05) is 25.7 Å². The average Bonchev–Trinajstić information content (AvgIpc) is 3.00. The zero-order valence-corrected chi connectivity index (χ0v) is 13.7. The standard InChI is InChI=1S/C17H23FN4O/c1-13(17-20-19-12-21(17)2)22-9-7-15(8-10-22)23-11-14-5-3-4-6-16(14)18/h3-6,12-13,15H,7-11H2,1-2H3. The summed E-state index contributed by atoms with van der Waals surface area (Å²) in [6, 6.07) is 7.04. The van der Waals surface area contributed by atoms with E-state index in [4.69, 9.17) is 4.74 Å². The first-order valence-corrected chi connectivity index (χ1v) is 8.08. The predicted octanol–water partition coefficient (Wildman–Crippen LogP) is 2.70. The van der Waals surface area contributed by atoms with Crippen LogP contribution in [0.5, 0.6) is 0 Å². The molecule has 6 heteroatoms. The van der Waals surface area contributed by atoms with E-state index in [1.165, 1.54) is 6.07 Å². The number of aryl methyl sites for hydroxylation is 1. The Balaban J connectivity index is 1.49. The van der Waals surface area contributed by atoms with Gasteiger partial charge in [-0.3, -0.25) is 4.90 Å². The topological polar surface area (TPSA) is 43.2 Å². The van der Waals surface area contributed by atoms with Gasteiger partial charge in [0.15, 0.2) is 0 Å². The highest BCUT2D eigenvalue weighted by Gasteiger charge is 2.26. The van der Waals surface area contributed by atoms with Crippen LogP contribution in [0.3, 0.4) is 0 Å². The third-order valence-corrected chi connectivity index (χ3v) is 4.58. The van der Waals surface area contributed by atoms with Crippen LogP contribution in [-0.4, -0.2) is 38.9 Å². The number of benzene rings is 1. The molecule has 0 bridgehead atoms. The number of rotatable bonds is 5. The Labute approximate surface area is 136 Å². The number of nitrogens with zero attached hydrogens (tertiary/aromatic N) is 4. The van der Waals surface area contributed by atoms with E-state index < -0.39 is 0 Å². The van der Waals surface area contributed by atoms with Crippen LogP contribution in [0, 0.1) is 5.82 Å².